The minimum atomic E-state index is -1.44. The van der Waals surface area contributed by atoms with E-state index in [9.17, 15) is 9.90 Å². The minimum Gasteiger partial charge on any atom is -0.445 e. The van der Waals surface area contributed by atoms with Crippen LogP contribution in [0, 0.1) is 11.3 Å². The number of rotatable bonds is 6. The summed E-state index contributed by atoms with van der Waals surface area (Å²) in [6, 6.07) is 0. The molecule has 1 aliphatic heterocycles. The molecule has 0 aromatic rings. The number of likely N-dealkylation sites (tertiary alicyclic amines) is 1. The zero-order valence-electron chi connectivity index (χ0n) is 16.0. The second-order valence-corrected chi connectivity index (χ2v) is 10.2. The summed E-state index contributed by atoms with van der Waals surface area (Å²) in [4.78, 5) is 14.3. The molecule has 1 aliphatic rings. The lowest BCUT2D eigenvalue weighted by Gasteiger charge is -2.37. The van der Waals surface area contributed by atoms with Gasteiger partial charge in [0.2, 0.25) is 0 Å². The lowest BCUT2D eigenvalue weighted by atomic mass is 9.79. The summed E-state index contributed by atoms with van der Waals surface area (Å²) in [7, 11) is -1.44. The Balaban J connectivity index is 3.28. The first kappa shape index (κ1) is 20.9. The molecule has 6 heteroatoms. The zero-order valence-corrected chi connectivity index (χ0v) is 17.1. The van der Waals surface area contributed by atoms with Gasteiger partial charge in [0.15, 0.2) is 14.8 Å². The minimum absolute atomic E-state index is 0.0432. The van der Waals surface area contributed by atoms with Crippen LogP contribution in [-0.4, -0.2) is 50.6 Å². The largest absolute Gasteiger partial charge is 0.445 e. The van der Waals surface area contributed by atoms with E-state index in [1.54, 1.807) is 11.0 Å². The third-order valence-corrected chi connectivity index (χ3v) is 5.21. The molecule has 1 heterocycles. The SMILES string of the molecule is C=CCOC(=O)N1C[C@@H](C(C)(C)C)C[C@@]1(/C=C(\C)CO)O[SiH](C)C. The van der Waals surface area contributed by atoms with Gasteiger partial charge >= 0.3 is 6.09 Å². The summed E-state index contributed by atoms with van der Waals surface area (Å²) in [6.07, 6.45) is 3.78. The molecule has 1 fully saturated rings. The summed E-state index contributed by atoms with van der Waals surface area (Å²) in [5.41, 5.74) is 0.00561. The maximum Gasteiger partial charge on any atom is 0.412 e. The molecule has 0 unspecified atom stereocenters. The van der Waals surface area contributed by atoms with Crippen LogP contribution < -0.4 is 0 Å². The van der Waals surface area contributed by atoms with Crippen molar-refractivity contribution in [2.45, 2.75) is 52.9 Å². The summed E-state index contributed by atoms with van der Waals surface area (Å²) in [5, 5.41) is 9.48. The average Bonchev–Trinajstić information content (AvgIpc) is 2.82. The van der Waals surface area contributed by atoms with Crippen LogP contribution >= 0.6 is 0 Å². The molecule has 0 aliphatic carbocycles. The van der Waals surface area contributed by atoms with Crippen molar-refractivity contribution < 1.29 is 19.1 Å². The highest BCUT2D eigenvalue weighted by Crippen LogP contribution is 2.44. The highest BCUT2D eigenvalue weighted by molar-refractivity contribution is 6.48. The third-order valence-electron chi connectivity index (χ3n) is 4.33. The maximum atomic E-state index is 12.6. The fourth-order valence-electron chi connectivity index (χ4n) is 3.04. The molecule has 2 atom stereocenters. The van der Waals surface area contributed by atoms with E-state index in [1.807, 2.05) is 13.0 Å². The van der Waals surface area contributed by atoms with Gasteiger partial charge in [0, 0.05) is 13.0 Å². The Morgan fingerprint density at radius 3 is 2.54 bits per heavy atom. The molecular weight excluding hydrogens is 322 g/mol. The molecule has 5 nitrogen and oxygen atoms in total. The first-order valence-corrected chi connectivity index (χ1v) is 11.4. The quantitative estimate of drug-likeness (QED) is 0.586. The van der Waals surface area contributed by atoms with Crippen LogP contribution in [0.1, 0.15) is 34.1 Å². The number of aliphatic hydroxyl groups excluding tert-OH is 1. The lowest BCUT2D eigenvalue weighted by Crippen LogP contribution is -2.50. The average molecular weight is 356 g/mol. The molecule has 0 aromatic carbocycles. The number of hydrogen-bond acceptors (Lipinski definition) is 4. The van der Waals surface area contributed by atoms with Crippen molar-refractivity contribution in [1.29, 1.82) is 0 Å². The van der Waals surface area contributed by atoms with Gasteiger partial charge in [-0.2, -0.15) is 0 Å². The predicted molar refractivity (Wildman–Crippen MR) is 99.3 cm³/mol. The monoisotopic (exact) mass is 355 g/mol. The fourth-order valence-corrected chi connectivity index (χ4v) is 4.15. The van der Waals surface area contributed by atoms with Crippen LogP contribution in [0.2, 0.25) is 13.1 Å². The summed E-state index contributed by atoms with van der Waals surface area (Å²) in [6.45, 7) is 16.8. The third kappa shape index (κ3) is 5.19. The van der Waals surface area contributed by atoms with Crippen molar-refractivity contribution in [3.05, 3.63) is 24.3 Å². The number of carbonyl (C=O) groups excluding carboxylic acids is 1. The van der Waals surface area contributed by atoms with E-state index in [4.69, 9.17) is 9.16 Å². The molecule has 1 saturated heterocycles. The van der Waals surface area contributed by atoms with Gasteiger partial charge in [-0.25, -0.2) is 4.79 Å². The van der Waals surface area contributed by atoms with E-state index in [0.29, 0.717) is 13.0 Å². The maximum absolute atomic E-state index is 12.6. The number of aliphatic hydroxyl groups is 1. The fraction of sp³-hybridized carbons (Fsp3) is 0.722. The summed E-state index contributed by atoms with van der Waals surface area (Å²) in [5.74, 6) is 0.282. The van der Waals surface area contributed by atoms with Gasteiger partial charge < -0.3 is 14.3 Å². The molecule has 1 rings (SSSR count). The molecule has 0 spiro atoms. The standard InChI is InChI=1S/C18H33NO4Si/c1-8-9-22-16(21)19-12-15(17(3,4)5)11-18(19,23-24(6)7)10-14(2)13-20/h8,10,15,20,24H,1,9,11-13H2,2-7H3/b14-10+/t15-,18+/m0/s1. The van der Waals surface area contributed by atoms with Crippen molar-refractivity contribution in [3.8, 4) is 0 Å². The highest BCUT2D eigenvalue weighted by Gasteiger charge is 2.51. The molecule has 0 radical (unpaired) electrons. The number of ether oxygens (including phenoxy) is 1. The smallest absolute Gasteiger partial charge is 0.412 e. The van der Waals surface area contributed by atoms with Gasteiger partial charge in [-0.05, 0) is 43.0 Å². The normalized spacial score (nSPS) is 25.2. The lowest BCUT2D eigenvalue weighted by molar-refractivity contribution is -0.0140. The summed E-state index contributed by atoms with van der Waals surface area (Å²) < 4.78 is 11.7. The van der Waals surface area contributed by atoms with Crippen LogP contribution in [0.3, 0.4) is 0 Å². The molecule has 138 valence electrons. The molecule has 1 amide bonds. The first-order valence-electron chi connectivity index (χ1n) is 8.58. The van der Waals surface area contributed by atoms with Gasteiger partial charge in [0.25, 0.3) is 0 Å². The van der Waals surface area contributed by atoms with Gasteiger partial charge in [-0.15, -0.1) is 0 Å². The number of nitrogens with zero attached hydrogens (tertiary/aromatic N) is 1. The number of carbonyl (C=O) groups is 1. The molecule has 0 aromatic heterocycles. The second kappa shape index (κ2) is 8.32. The van der Waals surface area contributed by atoms with Gasteiger partial charge in [-0.3, -0.25) is 4.90 Å². The number of amides is 1. The summed E-state index contributed by atoms with van der Waals surface area (Å²) >= 11 is 0. The van der Waals surface area contributed by atoms with Crippen LogP contribution in [0.5, 0.6) is 0 Å². The van der Waals surface area contributed by atoms with Crippen molar-refractivity contribution in [2.75, 3.05) is 19.8 Å². The van der Waals surface area contributed by atoms with E-state index in [2.05, 4.69) is 40.4 Å². The Morgan fingerprint density at radius 2 is 2.08 bits per heavy atom. The van der Waals surface area contributed by atoms with E-state index < -0.39 is 20.9 Å². The molecule has 24 heavy (non-hydrogen) atoms. The Hall–Kier alpha value is -1.11. The van der Waals surface area contributed by atoms with Crippen molar-refractivity contribution in [2.24, 2.45) is 11.3 Å². The Morgan fingerprint density at radius 1 is 1.46 bits per heavy atom. The van der Waals surface area contributed by atoms with Crippen LogP contribution in [0.25, 0.3) is 0 Å². The van der Waals surface area contributed by atoms with E-state index >= 15 is 0 Å². The van der Waals surface area contributed by atoms with Gasteiger partial charge in [-0.1, -0.05) is 33.4 Å². The van der Waals surface area contributed by atoms with Crippen molar-refractivity contribution in [1.82, 2.24) is 4.90 Å². The van der Waals surface area contributed by atoms with E-state index in [-0.39, 0.29) is 24.5 Å². The first-order chi connectivity index (χ1) is 11.1. The van der Waals surface area contributed by atoms with E-state index in [0.717, 1.165) is 5.57 Å². The number of hydrogen-bond donors (Lipinski definition) is 1. The molecule has 0 saturated carbocycles. The molecule has 0 bridgehead atoms. The van der Waals surface area contributed by atoms with Crippen molar-refractivity contribution >= 4 is 15.1 Å². The predicted octanol–water partition coefficient (Wildman–Crippen LogP) is 3.31. The van der Waals surface area contributed by atoms with Crippen LogP contribution in [0.4, 0.5) is 4.79 Å². The second-order valence-electron chi connectivity index (χ2n) is 7.90. The molecule has 1 N–H and O–H groups in total. The Kier molecular flexibility index (Phi) is 7.25. The Labute approximate surface area is 148 Å². The van der Waals surface area contributed by atoms with Gasteiger partial charge in [0.1, 0.15) is 6.61 Å². The topological polar surface area (TPSA) is 59.0 Å². The van der Waals surface area contributed by atoms with Crippen LogP contribution in [-0.2, 0) is 9.16 Å². The van der Waals surface area contributed by atoms with E-state index in [1.165, 1.54) is 0 Å². The van der Waals surface area contributed by atoms with Crippen molar-refractivity contribution in [3.63, 3.8) is 0 Å². The Bertz CT molecular complexity index is 484. The molecular formula is C18H33NO4Si. The highest BCUT2D eigenvalue weighted by atomic mass is 28.3. The van der Waals surface area contributed by atoms with Crippen LogP contribution in [0.15, 0.2) is 24.3 Å². The zero-order chi connectivity index (χ0) is 18.5. The van der Waals surface area contributed by atoms with Gasteiger partial charge in [0.05, 0.1) is 6.61 Å².